The number of nitrogens with one attached hydrogen (secondary N) is 2. The molecule has 636 valence electrons. The zero-order valence-corrected chi connectivity index (χ0v) is 83.1. The number of methoxy groups -OCH3 is 2. The Morgan fingerprint density at radius 1 is 0.528 bits per heavy atom. The van der Waals surface area contributed by atoms with Gasteiger partial charge in [-0.15, -0.1) is 0 Å². The van der Waals surface area contributed by atoms with Gasteiger partial charge in [-0.2, -0.15) is 0 Å². The number of aryl methyl sites for hydroxylation is 2. The van der Waals surface area contributed by atoms with Crippen molar-refractivity contribution in [1.82, 2.24) is 20.6 Å². The number of benzene rings is 8. The van der Waals surface area contributed by atoms with Crippen LogP contribution in [0.2, 0.25) is 0 Å². The van der Waals surface area contributed by atoms with Crippen LogP contribution in [0.5, 0.6) is 11.5 Å². The molecule has 32 heteroatoms. The number of halogens is 1. The monoisotopic (exact) mass is 1840 g/mol. The number of fused-ring (bicyclic) bond motifs is 2. The van der Waals surface area contributed by atoms with Crippen molar-refractivity contribution in [3.05, 3.63) is 257 Å². The van der Waals surface area contributed by atoms with E-state index in [2.05, 4.69) is 47.3 Å². The molecule has 123 heavy (non-hydrogen) atoms. The normalized spacial score (nSPS) is 11.2. The van der Waals surface area contributed by atoms with Gasteiger partial charge in [-0.1, -0.05) is 181 Å². The molecule has 26 nitrogen and oxygen atoms in total. The standard InChI is InChI=1S/C45H49N3O7.C28H36BrN3O6.C17H15BO3.CH4.3K.HO4P/c1-31-22-23-46-41(25-31)48(44(52)55-45(2,3)4)24-12-21-42(50)47-29-36(49)27-35(28-43(51)53-5)33-15-9-16-34(26-33)37-17-10-19-39-38(37)18-11-20-40(39)54-30-32-13-7-6-8-14-32;1-19-11-12-30-24(14-19)32(27(36)38-28(2,3)4)13-7-10-25(34)31-18-23(33)16-21(17-26(35)37-5)20-8-6-9-22(29)15-20;19-18(20)16-10-4-9-15-14(16)8-5-11-17(15)21-12-13-6-2-1-3-7-13;;;;;1-4-5(2)3/h6-11,13-20,22-23,25-26,35H,12,21,24,27-30H2,1-5H3,(H,47,50);6,8-9,11-12,14-15,21H,7,10,13,16-18H2,1-5H3,(H,31,34);1-11,19-20H,12H2;1H4;;;;1H/q;;;;;;+1;/p-1/t35-;21-;;;;;;/m00....../s1. The molecule has 1 unspecified atom stereocenters. The van der Waals surface area contributed by atoms with Gasteiger partial charge in [-0.25, -0.2) is 24.2 Å². The van der Waals surface area contributed by atoms with Gasteiger partial charge in [0.15, 0.2) is 11.6 Å². The summed E-state index contributed by atoms with van der Waals surface area (Å²) in [5.41, 5.74) is 6.69. The molecule has 0 radical (unpaired) electrons. The molecule has 3 atom stereocenters. The molecule has 0 saturated heterocycles. The number of Topliss-reactive ketones (excluding diaryl/α,β-unsaturated/α-hetero) is 2. The van der Waals surface area contributed by atoms with E-state index < -0.39 is 56.6 Å². The molecule has 0 aliphatic rings. The maximum absolute atomic E-state index is 13.3. The predicted molar refractivity (Wildman–Crippen MR) is 473 cm³/mol. The Kier molecular flexibility index (Phi) is 50.5. The van der Waals surface area contributed by atoms with Gasteiger partial charge >= 0.3 is 154 Å². The van der Waals surface area contributed by atoms with E-state index in [4.69, 9.17) is 43.1 Å². The number of pyridine rings is 2. The fourth-order valence-electron chi connectivity index (χ4n) is 12.3. The number of anilines is 2. The van der Waals surface area contributed by atoms with Crippen LogP contribution in [-0.2, 0) is 70.2 Å². The van der Waals surface area contributed by atoms with Crippen LogP contribution in [0.4, 0.5) is 21.2 Å². The van der Waals surface area contributed by atoms with Crippen LogP contribution in [-0.4, -0.2) is 189 Å². The Morgan fingerprint density at radius 3 is 1.34 bits per heavy atom. The summed E-state index contributed by atoms with van der Waals surface area (Å²) in [5.74, 6) is -0.366. The maximum atomic E-state index is 13.3. The second kappa shape index (κ2) is 57.2. The van der Waals surface area contributed by atoms with Gasteiger partial charge in [0.05, 0.1) is 40.2 Å². The van der Waals surface area contributed by atoms with Crippen molar-refractivity contribution in [1.29, 1.82) is 0 Å². The molecular formula is C91H104BBrK3N6O20P. The third-order valence-electron chi connectivity index (χ3n) is 17.9. The van der Waals surface area contributed by atoms with E-state index in [-0.39, 0.29) is 153 Å². The zero-order valence-electron chi connectivity index (χ0n) is 71.3. The predicted octanol–water partition coefficient (Wildman–Crippen LogP) is 11.1. The Balaban J connectivity index is 0.000000402. The summed E-state index contributed by atoms with van der Waals surface area (Å²) in [4.78, 5) is 122. The average molecular weight is 1840 g/mol. The fraction of sp³-hybridized carbons (Fsp3) is 0.319. The second-order valence-electron chi connectivity index (χ2n) is 29.6. The molecule has 0 saturated carbocycles. The number of hydrogen-bond acceptors (Lipinski definition) is 22. The summed E-state index contributed by atoms with van der Waals surface area (Å²) in [5, 5.41) is 36.4. The summed E-state index contributed by atoms with van der Waals surface area (Å²) >= 11 is 5.91. The number of ketones is 2. The van der Waals surface area contributed by atoms with Crippen molar-refractivity contribution in [2.75, 3.05) is 50.2 Å². The van der Waals surface area contributed by atoms with Gasteiger partial charge in [0.25, 0.3) is 0 Å². The van der Waals surface area contributed by atoms with Crippen LogP contribution in [0, 0.1) is 13.8 Å². The summed E-state index contributed by atoms with van der Waals surface area (Å²) in [6.45, 7) is 15.5. The average Bonchev–Trinajstić information content (AvgIpc) is 0.787. The number of carbonyl (C=O) groups is 8. The molecular weight excluding hydrogens is 1740 g/mol. The van der Waals surface area contributed by atoms with Crippen LogP contribution in [0.3, 0.4) is 0 Å². The van der Waals surface area contributed by atoms with Crippen LogP contribution in [0.15, 0.2) is 223 Å². The molecule has 0 fully saturated rings. The molecule has 2 heterocycles. The van der Waals surface area contributed by atoms with E-state index in [1.807, 2.05) is 190 Å². The summed E-state index contributed by atoms with van der Waals surface area (Å²) in [6.07, 6.45) is 3.14. The molecule has 10 rings (SSSR count). The van der Waals surface area contributed by atoms with Crippen LogP contribution >= 0.6 is 24.2 Å². The Labute approximate surface area is 817 Å². The van der Waals surface area contributed by atoms with Crippen molar-refractivity contribution in [2.24, 2.45) is 0 Å². The number of hydrogen-bond donors (Lipinski definition) is 4. The molecule has 0 bridgehead atoms. The molecule has 0 aliphatic heterocycles. The van der Waals surface area contributed by atoms with Crippen LogP contribution in [0.25, 0.3) is 32.7 Å². The van der Waals surface area contributed by atoms with E-state index in [9.17, 15) is 48.4 Å². The number of nitrogens with zero attached hydrogens (tertiary/aromatic N) is 4. The Morgan fingerprint density at radius 2 is 0.927 bits per heavy atom. The molecule has 2 aromatic heterocycles. The van der Waals surface area contributed by atoms with Crippen molar-refractivity contribution in [3.8, 4) is 22.6 Å². The van der Waals surface area contributed by atoms with E-state index in [0.717, 1.165) is 82.0 Å². The third-order valence-corrected chi connectivity index (χ3v) is 18.6. The molecule has 0 aliphatic carbocycles. The van der Waals surface area contributed by atoms with E-state index in [1.54, 1.807) is 78.2 Å². The molecule has 4 amide bonds. The minimum atomic E-state index is -3.15. The van der Waals surface area contributed by atoms with Crippen LogP contribution in [0.1, 0.15) is 146 Å². The zero-order chi connectivity index (χ0) is 88.6. The third kappa shape index (κ3) is 39.6. The Bertz CT molecular complexity index is 5070. The number of aromatic nitrogens is 2. The van der Waals surface area contributed by atoms with E-state index in [1.165, 1.54) is 87.2 Å². The minimum absolute atomic E-state index is 0. The number of esters is 2. The molecule has 8 aromatic carbocycles. The van der Waals surface area contributed by atoms with Crippen molar-refractivity contribution in [2.45, 2.75) is 150 Å². The van der Waals surface area contributed by atoms with E-state index in [0.29, 0.717) is 43.2 Å². The van der Waals surface area contributed by atoms with Crippen molar-refractivity contribution >= 4 is 181 Å². The van der Waals surface area contributed by atoms with Gasteiger partial charge in [0.1, 0.15) is 47.6 Å². The number of carbonyl (C=O) groups excluding carboxylic acids is 8. The topological polar surface area (TPSA) is 361 Å². The first-order chi connectivity index (χ1) is 57.8. The first-order valence-electron chi connectivity index (χ1n) is 39.4. The molecule has 10 aromatic rings. The Hall–Kier alpha value is -6.71. The van der Waals surface area contributed by atoms with Crippen LogP contribution < -0.4 is 96.9 Å². The molecule has 0 spiro atoms. The molecule has 4 N–H and O–H groups in total. The summed E-state index contributed by atoms with van der Waals surface area (Å²) < 4.78 is 45.1. The SMILES string of the molecule is C.COC(=O)C[C@H](CC(=O)CNC(=O)CCCN(C(=O)OC(C)(C)C)c1cc(C)ccn1)c1cccc(-c2cccc3c(OCc4ccccc4)cccc23)c1.COC(=O)C[C@H](CC(=O)CNC(=O)CCCN(C(=O)OC(C)(C)C)c1cc(C)ccn1)c1cccc(Br)c1.O=[P+]([O-])O[O-].OB(O)c1cccc2c(OCc3ccccc3)cccc12.[K+].[K][K]. The van der Waals surface area contributed by atoms with E-state index >= 15 is 0 Å². The van der Waals surface area contributed by atoms with Gasteiger partial charge in [0.2, 0.25) is 11.8 Å². The number of amides is 4. The van der Waals surface area contributed by atoms with Gasteiger partial charge in [-0.3, -0.25) is 38.6 Å². The summed E-state index contributed by atoms with van der Waals surface area (Å²) in [7, 11) is -2.01. The first kappa shape index (κ1) is 109. The van der Waals surface area contributed by atoms with Gasteiger partial charge in [0, 0.05) is 78.2 Å². The number of rotatable bonds is 33. The fourth-order valence-corrected chi connectivity index (χ4v) is 12.7. The van der Waals surface area contributed by atoms with Crippen molar-refractivity contribution in [3.63, 3.8) is 0 Å². The van der Waals surface area contributed by atoms with Crippen molar-refractivity contribution < 1.29 is 148 Å². The number of ether oxygens (including phenoxy) is 6. The van der Waals surface area contributed by atoms with Gasteiger partial charge in [-0.05, 0) is 182 Å². The first-order valence-corrected chi connectivity index (χ1v) is 57.3. The second-order valence-corrected chi connectivity index (χ2v) is 31.1. The van der Waals surface area contributed by atoms with Gasteiger partial charge < -0.3 is 59.3 Å². The quantitative estimate of drug-likeness (QED) is 0.00741. The summed E-state index contributed by atoms with van der Waals surface area (Å²) in [6, 6.07) is 65.5.